The van der Waals surface area contributed by atoms with E-state index in [4.69, 9.17) is 4.74 Å². The Kier molecular flexibility index (Phi) is 5.15. The number of hydrogen-bond donors (Lipinski definition) is 1. The third-order valence-electron chi connectivity index (χ3n) is 3.58. The Morgan fingerprint density at radius 1 is 1.35 bits per heavy atom. The first-order valence-electron chi connectivity index (χ1n) is 7.18. The molecular weight excluding hydrogens is 254 g/mol. The summed E-state index contributed by atoms with van der Waals surface area (Å²) < 4.78 is 5.25. The van der Waals surface area contributed by atoms with E-state index in [1.807, 2.05) is 4.90 Å². The highest BCUT2D eigenvalue weighted by atomic mass is 16.5. The molecule has 1 atom stereocenters. The highest BCUT2D eigenvalue weighted by molar-refractivity contribution is 5.73. The maximum absolute atomic E-state index is 11.2. The van der Waals surface area contributed by atoms with Gasteiger partial charge in [-0.3, -0.25) is 9.69 Å². The number of hydrogen-bond acceptors (Lipinski definition) is 3. The van der Waals surface area contributed by atoms with E-state index in [1.54, 1.807) is 0 Å². The molecule has 1 N–H and O–H groups in total. The monoisotopic (exact) mass is 277 g/mol. The Morgan fingerprint density at radius 3 is 2.60 bits per heavy atom. The van der Waals surface area contributed by atoms with Crippen LogP contribution in [0.3, 0.4) is 0 Å². The van der Waals surface area contributed by atoms with Crippen molar-refractivity contribution in [2.24, 2.45) is 5.92 Å². The Hall–Kier alpha value is -1.39. The fourth-order valence-corrected chi connectivity index (χ4v) is 2.54. The summed E-state index contributed by atoms with van der Waals surface area (Å²) in [5.41, 5.74) is 2.49. The molecule has 0 amide bonds. The number of nitrogens with zero attached hydrogens (tertiary/aromatic N) is 1. The average Bonchev–Trinajstić information content (AvgIpc) is 2.41. The quantitative estimate of drug-likeness (QED) is 0.896. The SMILES string of the molecule is CC(C)Cc1ccc(CN2CCOCC2C(=O)O)cc1. The molecule has 0 bridgehead atoms. The zero-order valence-corrected chi connectivity index (χ0v) is 12.2. The van der Waals surface area contributed by atoms with Gasteiger partial charge in [0.25, 0.3) is 0 Å². The van der Waals surface area contributed by atoms with Gasteiger partial charge < -0.3 is 9.84 Å². The molecule has 1 aromatic carbocycles. The van der Waals surface area contributed by atoms with Gasteiger partial charge in [-0.25, -0.2) is 0 Å². The highest BCUT2D eigenvalue weighted by Gasteiger charge is 2.28. The maximum atomic E-state index is 11.2. The molecule has 1 heterocycles. The molecule has 2 rings (SSSR count). The van der Waals surface area contributed by atoms with Crippen molar-refractivity contribution in [1.82, 2.24) is 4.90 Å². The number of morpholine rings is 1. The molecule has 1 aliphatic rings. The number of aliphatic carboxylic acids is 1. The van der Waals surface area contributed by atoms with Crippen molar-refractivity contribution in [1.29, 1.82) is 0 Å². The van der Waals surface area contributed by atoms with Gasteiger partial charge in [-0.05, 0) is 23.5 Å². The van der Waals surface area contributed by atoms with E-state index in [0.29, 0.717) is 25.6 Å². The van der Waals surface area contributed by atoms with Crippen LogP contribution in [0.25, 0.3) is 0 Å². The van der Waals surface area contributed by atoms with E-state index in [2.05, 4.69) is 38.1 Å². The molecule has 1 aromatic rings. The molecule has 1 aliphatic heterocycles. The normalized spacial score (nSPS) is 20.2. The lowest BCUT2D eigenvalue weighted by Gasteiger charge is -2.32. The lowest BCUT2D eigenvalue weighted by Crippen LogP contribution is -2.49. The summed E-state index contributed by atoms with van der Waals surface area (Å²) in [6, 6.07) is 7.97. The van der Waals surface area contributed by atoms with Crippen molar-refractivity contribution in [3.63, 3.8) is 0 Å². The second-order valence-corrected chi connectivity index (χ2v) is 5.81. The van der Waals surface area contributed by atoms with Crippen LogP contribution in [0.1, 0.15) is 25.0 Å². The number of carboxylic acid groups (broad SMARTS) is 1. The van der Waals surface area contributed by atoms with Gasteiger partial charge in [-0.15, -0.1) is 0 Å². The molecule has 110 valence electrons. The van der Waals surface area contributed by atoms with Gasteiger partial charge >= 0.3 is 5.97 Å². The Bertz CT molecular complexity index is 442. The van der Waals surface area contributed by atoms with E-state index < -0.39 is 12.0 Å². The first-order chi connectivity index (χ1) is 9.56. The topological polar surface area (TPSA) is 49.8 Å². The van der Waals surface area contributed by atoms with E-state index in [-0.39, 0.29) is 6.61 Å². The van der Waals surface area contributed by atoms with Crippen LogP contribution in [0.15, 0.2) is 24.3 Å². The van der Waals surface area contributed by atoms with Gasteiger partial charge in [0.15, 0.2) is 0 Å². The van der Waals surface area contributed by atoms with E-state index >= 15 is 0 Å². The number of benzene rings is 1. The van der Waals surface area contributed by atoms with Crippen LogP contribution >= 0.6 is 0 Å². The molecule has 0 aliphatic carbocycles. The van der Waals surface area contributed by atoms with Crippen molar-refractivity contribution in [3.8, 4) is 0 Å². The standard InChI is InChI=1S/C16H23NO3/c1-12(2)9-13-3-5-14(6-4-13)10-17-7-8-20-11-15(17)16(18)19/h3-6,12,15H,7-11H2,1-2H3,(H,18,19). The molecule has 0 spiro atoms. The summed E-state index contributed by atoms with van der Waals surface area (Å²) in [6.07, 6.45) is 1.08. The maximum Gasteiger partial charge on any atom is 0.323 e. The molecule has 1 fully saturated rings. The first kappa shape index (κ1) is 15.0. The molecule has 1 saturated heterocycles. The van der Waals surface area contributed by atoms with Gasteiger partial charge in [0.1, 0.15) is 6.04 Å². The molecule has 0 saturated carbocycles. The first-order valence-corrected chi connectivity index (χ1v) is 7.18. The summed E-state index contributed by atoms with van der Waals surface area (Å²) >= 11 is 0. The lowest BCUT2D eigenvalue weighted by atomic mass is 10.0. The average molecular weight is 277 g/mol. The van der Waals surface area contributed by atoms with Gasteiger partial charge in [-0.2, -0.15) is 0 Å². The van der Waals surface area contributed by atoms with Gasteiger partial charge in [-0.1, -0.05) is 38.1 Å². The third kappa shape index (κ3) is 4.05. The largest absolute Gasteiger partial charge is 0.480 e. The molecule has 1 unspecified atom stereocenters. The summed E-state index contributed by atoms with van der Waals surface area (Å²) in [5.74, 6) is -0.155. The second-order valence-electron chi connectivity index (χ2n) is 5.81. The second kappa shape index (κ2) is 6.86. The lowest BCUT2D eigenvalue weighted by molar-refractivity contribution is -0.150. The van der Waals surface area contributed by atoms with Crippen molar-refractivity contribution >= 4 is 5.97 Å². The number of carboxylic acids is 1. The predicted molar refractivity (Wildman–Crippen MR) is 77.6 cm³/mol. The molecule has 4 heteroatoms. The van der Waals surface area contributed by atoms with Gasteiger partial charge in [0.05, 0.1) is 13.2 Å². The van der Waals surface area contributed by atoms with Crippen LogP contribution in [0, 0.1) is 5.92 Å². The molecule has 20 heavy (non-hydrogen) atoms. The van der Waals surface area contributed by atoms with Crippen molar-refractivity contribution in [2.45, 2.75) is 32.9 Å². The third-order valence-corrected chi connectivity index (χ3v) is 3.58. The van der Waals surface area contributed by atoms with Crippen LogP contribution in [0.2, 0.25) is 0 Å². The van der Waals surface area contributed by atoms with Crippen molar-refractivity contribution in [3.05, 3.63) is 35.4 Å². The number of ether oxygens (including phenoxy) is 1. The molecular formula is C16H23NO3. The predicted octanol–water partition coefficient (Wildman–Crippen LogP) is 2.17. The molecule has 0 radical (unpaired) electrons. The van der Waals surface area contributed by atoms with Crippen LogP contribution in [-0.4, -0.2) is 41.8 Å². The minimum absolute atomic E-state index is 0.279. The summed E-state index contributed by atoms with van der Waals surface area (Å²) in [5, 5.41) is 9.21. The highest BCUT2D eigenvalue weighted by Crippen LogP contribution is 2.15. The summed E-state index contributed by atoms with van der Waals surface area (Å²) in [7, 11) is 0. The minimum atomic E-state index is -0.805. The zero-order valence-electron chi connectivity index (χ0n) is 12.2. The van der Waals surface area contributed by atoms with E-state index in [0.717, 1.165) is 12.0 Å². The van der Waals surface area contributed by atoms with Crippen LogP contribution in [0.5, 0.6) is 0 Å². The summed E-state index contributed by atoms with van der Waals surface area (Å²) in [6.45, 7) is 6.64. The van der Waals surface area contributed by atoms with Crippen LogP contribution in [-0.2, 0) is 22.5 Å². The van der Waals surface area contributed by atoms with Gasteiger partial charge in [0.2, 0.25) is 0 Å². The fraction of sp³-hybridized carbons (Fsp3) is 0.562. The van der Waals surface area contributed by atoms with Crippen molar-refractivity contribution in [2.75, 3.05) is 19.8 Å². The van der Waals surface area contributed by atoms with E-state index in [9.17, 15) is 9.90 Å². The molecule has 0 aromatic heterocycles. The Morgan fingerprint density at radius 2 is 2.00 bits per heavy atom. The smallest absolute Gasteiger partial charge is 0.323 e. The van der Waals surface area contributed by atoms with Gasteiger partial charge in [0, 0.05) is 13.1 Å². The summed E-state index contributed by atoms with van der Waals surface area (Å²) in [4.78, 5) is 13.2. The Balaban J connectivity index is 1.99. The number of rotatable bonds is 5. The van der Waals surface area contributed by atoms with Crippen LogP contribution < -0.4 is 0 Å². The minimum Gasteiger partial charge on any atom is -0.480 e. The van der Waals surface area contributed by atoms with Crippen molar-refractivity contribution < 1.29 is 14.6 Å². The Labute approximate surface area is 120 Å². The fourth-order valence-electron chi connectivity index (χ4n) is 2.54. The van der Waals surface area contributed by atoms with Crippen LogP contribution in [0.4, 0.5) is 0 Å². The number of carbonyl (C=O) groups is 1. The molecule has 4 nitrogen and oxygen atoms in total. The van der Waals surface area contributed by atoms with E-state index in [1.165, 1.54) is 5.56 Å². The zero-order chi connectivity index (χ0) is 14.5.